The number of halogens is 1. The zero-order valence-electron chi connectivity index (χ0n) is 22.9. The Labute approximate surface area is 236 Å². The van der Waals surface area contributed by atoms with Crippen LogP contribution < -0.4 is 4.90 Å². The number of hydrogen-bond donors (Lipinski definition) is 0. The van der Waals surface area contributed by atoms with Crippen molar-refractivity contribution in [2.75, 3.05) is 83.6 Å². The number of carbonyl (C=O) groups excluding carboxylic acids is 1. The van der Waals surface area contributed by atoms with Crippen molar-refractivity contribution in [3.05, 3.63) is 53.6 Å². The van der Waals surface area contributed by atoms with Crippen LogP contribution in [0.1, 0.15) is 19.8 Å². The molecule has 2 fully saturated rings. The number of benzene rings is 2. The smallest absolute Gasteiger partial charge is 0.224 e. The Morgan fingerprint density at radius 2 is 1.67 bits per heavy atom. The largest absolute Gasteiger partial charge is 0.379 e. The number of nitrogens with zero attached hydrogens (tertiary/aromatic N) is 6. The van der Waals surface area contributed by atoms with Gasteiger partial charge in [0.1, 0.15) is 5.82 Å². The third kappa shape index (κ3) is 7.06. The highest BCUT2D eigenvalue weighted by atomic mass is 35.5. The van der Waals surface area contributed by atoms with Crippen molar-refractivity contribution < 1.29 is 9.53 Å². The number of ether oxygens (including phenoxy) is 1. The van der Waals surface area contributed by atoms with Gasteiger partial charge in [0, 0.05) is 76.3 Å². The number of hydrogen-bond acceptors (Lipinski definition) is 7. The monoisotopic (exact) mass is 550 g/mol. The van der Waals surface area contributed by atoms with Gasteiger partial charge in [-0.3, -0.25) is 9.69 Å². The van der Waals surface area contributed by atoms with Crippen molar-refractivity contribution in [3.63, 3.8) is 0 Å². The average Bonchev–Trinajstić information content (AvgIpc) is 2.99. The van der Waals surface area contributed by atoms with Gasteiger partial charge in [-0.1, -0.05) is 42.8 Å². The van der Waals surface area contributed by atoms with E-state index in [-0.39, 0.29) is 5.91 Å². The summed E-state index contributed by atoms with van der Waals surface area (Å²) >= 11 is 6.56. The molecule has 2 aromatic carbocycles. The summed E-state index contributed by atoms with van der Waals surface area (Å²) in [5.74, 6) is 1.68. The summed E-state index contributed by atoms with van der Waals surface area (Å²) in [7, 11) is 0. The highest BCUT2D eigenvalue weighted by Gasteiger charge is 2.23. The lowest BCUT2D eigenvalue weighted by molar-refractivity contribution is -0.132. The standard InChI is InChI=1S/C30H39ClN6O2/c1-2-34-16-18-36(19-17-34)28(38)12-15-37(14-7-13-35-20-22-39-23-21-35)30-25-9-4-6-11-27(25)32-29(33-30)24-8-3-5-10-26(24)31/h3-6,8-11H,2,7,12-23H2,1H3. The van der Waals surface area contributed by atoms with E-state index in [0.29, 0.717) is 23.8 Å². The number of amides is 1. The van der Waals surface area contributed by atoms with E-state index in [4.69, 9.17) is 26.3 Å². The second-order valence-corrected chi connectivity index (χ2v) is 10.6. The van der Waals surface area contributed by atoms with E-state index in [2.05, 4.69) is 27.7 Å². The number of carbonyl (C=O) groups is 1. The van der Waals surface area contributed by atoms with Gasteiger partial charge in [-0.05, 0) is 37.2 Å². The topological polar surface area (TPSA) is 65.0 Å². The predicted octanol–water partition coefficient (Wildman–Crippen LogP) is 4.03. The second kappa shape index (κ2) is 13.5. The number of rotatable bonds is 10. The van der Waals surface area contributed by atoms with Crippen molar-refractivity contribution in [2.24, 2.45) is 0 Å². The molecule has 2 saturated heterocycles. The predicted molar refractivity (Wildman–Crippen MR) is 157 cm³/mol. The van der Waals surface area contributed by atoms with E-state index in [0.717, 1.165) is 101 Å². The molecule has 3 aromatic rings. The van der Waals surface area contributed by atoms with E-state index in [1.54, 1.807) is 0 Å². The average molecular weight is 551 g/mol. The maximum atomic E-state index is 13.3. The summed E-state index contributed by atoms with van der Waals surface area (Å²) in [6.45, 7) is 12.6. The first-order chi connectivity index (χ1) is 19.1. The van der Waals surface area contributed by atoms with Crippen molar-refractivity contribution in [1.29, 1.82) is 0 Å². The molecule has 3 heterocycles. The minimum Gasteiger partial charge on any atom is -0.379 e. The van der Waals surface area contributed by atoms with Gasteiger partial charge in [0.05, 0.1) is 23.8 Å². The fraction of sp³-hybridized carbons (Fsp3) is 0.500. The van der Waals surface area contributed by atoms with Crippen molar-refractivity contribution >= 4 is 34.2 Å². The van der Waals surface area contributed by atoms with E-state index in [9.17, 15) is 4.79 Å². The molecule has 9 heteroatoms. The molecular weight excluding hydrogens is 512 g/mol. The molecule has 1 amide bonds. The van der Waals surface area contributed by atoms with Crippen molar-refractivity contribution in [2.45, 2.75) is 19.8 Å². The lowest BCUT2D eigenvalue weighted by Crippen LogP contribution is -2.49. The fourth-order valence-electron chi connectivity index (χ4n) is 5.40. The van der Waals surface area contributed by atoms with Crippen LogP contribution in [0.15, 0.2) is 48.5 Å². The van der Waals surface area contributed by atoms with E-state index >= 15 is 0 Å². The Bertz CT molecular complexity index is 1240. The number of morpholine rings is 1. The van der Waals surface area contributed by atoms with E-state index < -0.39 is 0 Å². The van der Waals surface area contributed by atoms with E-state index in [1.165, 1.54) is 0 Å². The lowest BCUT2D eigenvalue weighted by atomic mass is 10.1. The molecule has 39 heavy (non-hydrogen) atoms. The summed E-state index contributed by atoms with van der Waals surface area (Å²) in [5.41, 5.74) is 1.68. The van der Waals surface area contributed by atoms with Gasteiger partial charge < -0.3 is 19.4 Å². The quantitative estimate of drug-likeness (QED) is 0.377. The van der Waals surface area contributed by atoms with Gasteiger partial charge in [-0.2, -0.15) is 0 Å². The first-order valence-electron chi connectivity index (χ1n) is 14.2. The minimum atomic E-state index is 0.216. The third-order valence-electron chi connectivity index (χ3n) is 7.77. The van der Waals surface area contributed by atoms with Crippen LogP contribution in [-0.4, -0.2) is 109 Å². The molecule has 8 nitrogen and oxygen atoms in total. The van der Waals surface area contributed by atoms with Gasteiger partial charge in [-0.25, -0.2) is 9.97 Å². The molecule has 0 radical (unpaired) electrons. The molecule has 2 aliphatic rings. The highest BCUT2D eigenvalue weighted by Crippen LogP contribution is 2.31. The van der Waals surface area contributed by atoms with Crippen molar-refractivity contribution in [3.8, 4) is 11.4 Å². The summed E-state index contributed by atoms with van der Waals surface area (Å²) in [5, 5.41) is 1.61. The van der Waals surface area contributed by atoms with Crippen LogP contribution in [0.5, 0.6) is 0 Å². The molecule has 1 aromatic heterocycles. The first-order valence-corrected chi connectivity index (χ1v) is 14.6. The SMILES string of the molecule is CCN1CCN(C(=O)CCN(CCCN2CCOCC2)c2nc(-c3ccccc3Cl)nc3ccccc23)CC1. The van der Waals surface area contributed by atoms with Crippen LogP contribution in [-0.2, 0) is 9.53 Å². The molecule has 0 atom stereocenters. The van der Waals surface area contributed by atoms with E-state index in [1.807, 2.05) is 47.4 Å². The van der Waals surface area contributed by atoms with Gasteiger partial charge >= 0.3 is 0 Å². The normalized spacial score (nSPS) is 17.0. The van der Waals surface area contributed by atoms with Crippen LogP contribution in [0.4, 0.5) is 5.82 Å². The second-order valence-electron chi connectivity index (χ2n) is 10.2. The maximum Gasteiger partial charge on any atom is 0.224 e. The van der Waals surface area contributed by atoms with Crippen LogP contribution in [0.25, 0.3) is 22.3 Å². The molecule has 0 saturated carbocycles. The fourth-order valence-corrected chi connectivity index (χ4v) is 5.62. The van der Waals surface area contributed by atoms with Crippen molar-refractivity contribution in [1.82, 2.24) is 24.7 Å². The molecule has 0 aliphatic carbocycles. The maximum absolute atomic E-state index is 13.3. The Balaban J connectivity index is 1.39. The molecule has 0 N–H and O–H groups in total. The molecule has 0 bridgehead atoms. The van der Waals surface area contributed by atoms with Gasteiger partial charge in [-0.15, -0.1) is 0 Å². The Morgan fingerprint density at radius 1 is 0.923 bits per heavy atom. The molecule has 208 valence electrons. The number of piperazine rings is 1. The van der Waals surface area contributed by atoms with Gasteiger partial charge in [0.25, 0.3) is 0 Å². The number of aromatic nitrogens is 2. The minimum absolute atomic E-state index is 0.216. The number of anilines is 1. The Hall–Kier alpha value is -2.78. The Morgan fingerprint density at radius 3 is 2.44 bits per heavy atom. The third-order valence-corrected chi connectivity index (χ3v) is 8.10. The zero-order valence-corrected chi connectivity index (χ0v) is 23.7. The molecule has 0 spiro atoms. The van der Waals surface area contributed by atoms with Crippen LogP contribution in [0, 0.1) is 0 Å². The van der Waals surface area contributed by atoms with Crippen LogP contribution in [0.3, 0.4) is 0 Å². The summed E-state index contributed by atoms with van der Waals surface area (Å²) in [4.78, 5) is 32.3. The highest BCUT2D eigenvalue weighted by molar-refractivity contribution is 6.33. The van der Waals surface area contributed by atoms with Crippen LogP contribution in [0.2, 0.25) is 5.02 Å². The number of likely N-dealkylation sites (N-methyl/N-ethyl adjacent to an activating group) is 1. The number of para-hydroxylation sites is 1. The Kier molecular flexibility index (Phi) is 9.63. The first kappa shape index (κ1) is 27.8. The molecule has 2 aliphatic heterocycles. The van der Waals surface area contributed by atoms with Gasteiger partial charge in [0.15, 0.2) is 5.82 Å². The van der Waals surface area contributed by atoms with Gasteiger partial charge in [0.2, 0.25) is 5.91 Å². The zero-order chi connectivity index (χ0) is 27.0. The molecular formula is C30H39ClN6O2. The number of fused-ring (bicyclic) bond motifs is 1. The summed E-state index contributed by atoms with van der Waals surface area (Å²) in [6.07, 6.45) is 1.44. The van der Waals surface area contributed by atoms with Crippen LogP contribution >= 0.6 is 11.6 Å². The molecule has 5 rings (SSSR count). The summed E-state index contributed by atoms with van der Waals surface area (Å²) < 4.78 is 5.52. The lowest BCUT2D eigenvalue weighted by Gasteiger charge is -2.35. The summed E-state index contributed by atoms with van der Waals surface area (Å²) in [6, 6.07) is 15.8. The molecule has 0 unspecified atom stereocenters.